The highest BCUT2D eigenvalue weighted by Gasteiger charge is 2.13. The van der Waals surface area contributed by atoms with Gasteiger partial charge in [0, 0.05) is 6.08 Å². The van der Waals surface area contributed by atoms with E-state index in [0.717, 1.165) is 0 Å². The number of esters is 1. The van der Waals surface area contributed by atoms with Gasteiger partial charge >= 0.3 is 5.97 Å². The van der Waals surface area contributed by atoms with Crippen molar-refractivity contribution in [2.75, 3.05) is 6.61 Å². The second kappa shape index (κ2) is 5.14. The molecule has 0 amide bonds. The third kappa shape index (κ3) is 2.41. The molecule has 0 fully saturated rings. The molecule has 4 nitrogen and oxygen atoms in total. The summed E-state index contributed by atoms with van der Waals surface area (Å²) in [5.74, 6) is -0.452. The summed E-state index contributed by atoms with van der Waals surface area (Å²) < 4.78 is 4.80. The van der Waals surface area contributed by atoms with Crippen molar-refractivity contribution in [1.29, 1.82) is 5.26 Å². The third-order valence-corrected chi connectivity index (χ3v) is 2.17. The first kappa shape index (κ1) is 10.4. The van der Waals surface area contributed by atoms with Crippen LogP contribution in [0.25, 0.3) is 6.08 Å². The van der Waals surface area contributed by atoms with Gasteiger partial charge in [0.05, 0.1) is 23.1 Å². The summed E-state index contributed by atoms with van der Waals surface area (Å²) in [4.78, 5) is 15.8. The van der Waals surface area contributed by atoms with Gasteiger partial charge in [-0.05, 0) is 13.0 Å². The number of hydrogen-bond acceptors (Lipinski definition) is 5. The number of rotatable bonds is 3. The molecule has 0 spiro atoms. The van der Waals surface area contributed by atoms with Gasteiger partial charge in [0.1, 0.15) is 0 Å². The van der Waals surface area contributed by atoms with Crippen molar-refractivity contribution in [3.63, 3.8) is 0 Å². The molecule has 0 aliphatic carbocycles. The number of carbonyl (C=O) groups excluding carboxylic acids is 1. The van der Waals surface area contributed by atoms with Crippen LogP contribution in [0.5, 0.6) is 0 Å². The Kier molecular flexibility index (Phi) is 3.83. The van der Waals surface area contributed by atoms with Gasteiger partial charge < -0.3 is 4.74 Å². The number of ether oxygens (including phenoxy) is 1. The molecule has 1 aromatic rings. The van der Waals surface area contributed by atoms with Crippen LogP contribution in [0.2, 0.25) is 0 Å². The van der Waals surface area contributed by atoms with Gasteiger partial charge in [0.15, 0.2) is 5.69 Å². The van der Waals surface area contributed by atoms with Crippen molar-refractivity contribution in [1.82, 2.24) is 4.98 Å². The van der Waals surface area contributed by atoms with Crippen LogP contribution >= 0.6 is 11.3 Å². The number of hydrogen-bond donors (Lipinski definition) is 0. The van der Waals surface area contributed by atoms with Crippen molar-refractivity contribution in [2.24, 2.45) is 0 Å². The third-order valence-electron chi connectivity index (χ3n) is 1.37. The summed E-state index contributed by atoms with van der Waals surface area (Å²) in [6.07, 6.45) is 2.85. The van der Waals surface area contributed by atoms with Crippen LogP contribution < -0.4 is 0 Å². The first-order chi connectivity index (χ1) is 6.79. The van der Waals surface area contributed by atoms with E-state index in [4.69, 9.17) is 10.00 Å². The van der Waals surface area contributed by atoms with E-state index in [2.05, 4.69) is 4.98 Å². The van der Waals surface area contributed by atoms with Gasteiger partial charge in [0.25, 0.3) is 0 Å². The molecule has 0 atom stereocenters. The van der Waals surface area contributed by atoms with Crippen LogP contribution in [0.15, 0.2) is 11.6 Å². The predicted octanol–water partition coefficient (Wildman–Crippen LogP) is 1.86. The van der Waals surface area contributed by atoms with Gasteiger partial charge in [-0.1, -0.05) is 0 Å². The summed E-state index contributed by atoms with van der Waals surface area (Å²) in [5, 5.41) is 8.33. The fraction of sp³-hybridized carbons (Fsp3) is 0.222. The second-order valence-corrected chi connectivity index (χ2v) is 3.13. The van der Waals surface area contributed by atoms with Gasteiger partial charge in [-0.25, -0.2) is 9.78 Å². The van der Waals surface area contributed by atoms with Crippen molar-refractivity contribution in [3.05, 3.63) is 22.2 Å². The van der Waals surface area contributed by atoms with Crippen molar-refractivity contribution < 1.29 is 9.53 Å². The summed E-state index contributed by atoms with van der Waals surface area (Å²) in [6.45, 7) is 2.05. The first-order valence-corrected chi connectivity index (χ1v) is 4.84. The average Bonchev–Trinajstić information content (AvgIpc) is 2.63. The highest BCUT2D eigenvalue weighted by atomic mass is 32.1. The maximum atomic E-state index is 11.3. The minimum atomic E-state index is -0.452. The van der Waals surface area contributed by atoms with Crippen LogP contribution in [0.3, 0.4) is 0 Å². The predicted molar refractivity (Wildman–Crippen MR) is 52.7 cm³/mol. The van der Waals surface area contributed by atoms with E-state index in [1.807, 2.05) is 6.07 Å². The normalized spacial score (nSPS) is 10.0. The maximum Gasteiger partial charge on any atom is 0.358 e. The van der Waals surface area contributed by atoms with Crippen LogP contribution in [0.4, 0.5) is 0 Å². The summed E-state index contributed by atoms with van der Waals surface area (Å²) in [7, 11) is 0. The molecule has 72 valence electrons. The molecule has 0 unspecified atom stereocenters. The van der Waals surface area contributed by atoms with Crippen LogP contribution in [0.1, 0.15) is 22.3 Å². The number of allylic oxidation sites excluding steroid dienone is 1. The van der Waals surface area contributed by atoms with Gasteiger partial charge in [-0.2, -0.15) is 5.26 Å². The van der Waals surface area contributed by atoms with Crippen LogP contribution in [0, 0.1) is 11.3 Å². The highest BCUT2D eigenvalue weighted by molar-refractivity contribution is 7.10. The lowest BCUT2D eigenvalue weighted by Gasteiger charge is -1.97. The topological polar surface area (TPSA) is 63.0 Å². The van der Waals surface area contributed by atoms with E-state index in [1.54, 1.807) is 18.5 Å². The Hall–Kier alpha value is -1.67. The minimum absolute atomic E-state index is 0.267. The summed E-state index contributed by atoms with van der Waals surface area (Å²) in [6, 6.07) is 1.85. The molecule has 0 N–H and O–H groups in total. The molecule has 0 aliphatic rings. The zero-order chi connectivity index (χ0) is 10.4. The van der Waals surface area contributed by atoms with Crippen molar-refractivity contribution >= 4 is 23.4 Å². The molecule has 0 radical (unpaired) electrons. The van der Waals surface area contributed by atoms with E-state index in [-0.39, 0.29) is 5.69 Å². The van der Waals surface area contributed by atoms with Crippen molar-refractivity contribution in [3.8, 4) is 6.07 Å². The Morgan fingerprint density at radius 2 is 2.64 bits per heavy atom. The van der Waals surface area contributed by atoms with Crippen molar-refractivity contribution in [2.45, 2.75) is 6.92 Å². The molecule has 0 aromatic carbocycles. The monoisotopic (exact) mass is 208 g/mol. The Morgan fingerprint density at radius 3 is 3.29 bits per heavy atom. The lowest BCUT2D eigenvalue weighted by atomic mass is 10.3. The largest absolute Gasteiger partial charge is 0.461 e. The molecule has 0 saturated heterocycles. The molecule has 1 rings (SSSR count). The molecule has 5 heteroatoms. The number of aromatic nitrogens is 1. The number of carbonyl (C=O) groups is 1. The second-order valence-electron chi connectivity index (χ2n) is 2.25. The molecular formula is C9H8N2O2S. The summed E-state index contributed by atoms with van der Waals surface area (Å²) in [5.41, 5.74) is 1.81. The minimum Gasteiger partial charge on any atom is -0.461 e. The van der Waals surface area contributed by atoms with E-state index >= 15 is 0 Å². The van der Waals surface area contributed by atoms with E-state index in [9.17, 15) is 4.79 Å². The van der Waals surface area contributed by atoms with Gasteiger partial charge in [0.2, 0.25) is 0 Å². The molecule has 14 heavy (non-hydrogen) atoms. The Labute approximate surface area is 85.5 Å². The Bertz CT molecular complexity index is 390. The lowest BCUT2D eigenvalue weighted by molar-refractivity contribution is 0.0520. The maximum absolute atomic E-state index is 11.3. The van der Waals surface area contributed by atoms with E-state index in [0.29, 0.717) is 11.5 Å². The summed E-state index contributed by atoms with van der Waals surface area (Å²) >= 11 is 1.29. The highest BCUT2D eigenvalue weighted by Crippen LogP contribution is 2.16. The molecule has 0 saturated carbocycles. The lowest BCUT2D eigenvalue weighted by Crippen LogP contribution is -2.06. The number of thiazole rings is 1. The fourth-order valence-corrected chi connectivity index (χ4v) is 1.51. The zero-order valence-electron chi connectivity index (χ0n) is 7.56. The van der Waals surface area contributed by atoms with E-state index < -0.39 is 5.97 Å². The zero-order valence-corrected chi connectivity index (χ0v) is 8.37. The number of nitriles is 1. The van der Waals surface area contributed by atoms with Crippen LogP contribution in [-0.2, 0) is 4.74 Å². The smallest absolute Gasteiger partial charge is 0.358 e. The number of nitrogens with zero attached hydrogens (tertiary/aromatic N) is 2. The van der Waals surface area contributed by atoms with Gasteiger partial charge in [-0.15, -0.1) is 11.3 Å². The Balaban J connectivity index is 2.88. The standard InChI is InChI=1S/C9H8N2O2S/c1-2-13-9(12)8-7(4-3-5-10)14-6-11-8/h3-4,6H,2H2,1H3. The fourth-order valence-electron chi connectivity index (χ4n) is 0.839. The molecule has 0 aliphatic heterocycles. The van der Waals surface area contributed by atoms with Crippen LogP contribution in [-0.4, -0.2) is 17.6 Å². The van der Waals surface area contributed by atoms with Gasteiger partial charge in [-0.3, -0.25) is 0 Å². The average molecular weight is 208 g/mol. The quantitative estimate of drug-likeness (QED) is 0.561. The first-order valence-electron chi connectivity index (χ1n) is 3.96. The molecular weight excluding hydrogens is 200 g/mol. The Morgan fingerprint density at radius 1 is 1.86 bits per heavy atom. The molecule has 0 bridgehead atoms. The van der Waals surface area contributed by atoms with E-state index in [1.165, 1.54) is 17.4 Å². The molecule has 1 aromatic heterocycles. The molecule has 1 heterocycles. The SMILES string of the molecule is CCOC(=O)c1ncsc1C=CC#N.